The van der Waals surface area contributed by atoms with Crippen LogP contribution in [0.4, 0.5) is 10.2 Å². The fraction of sp³-hybridized carbons (Fsp3) is 0.0714. The maximum absolute atomic E-state index is 13.1. The summed E-state index contributed by atoms with van der Waals surface area (Å²) >= 11 is 4.79. The summed E-state index contributed by atoms with van der Waals surface area (Å²) in [5, 5.41) is 2.63. The Morgan fingerprint density at radius 1 is 1.24 bits per heavy atom. The minimum Gasteiger partial charge on any atom is -0.383 e. The van der Waals surface area contributed by atoms with E-state index in [1.165, 1.54) is 23.5 Å². The number of halogens is 2. The highest BCUT2D eigenvalue weighted by molar-refractivity contribution is 9.10. The van der Waals surface area contributed by atoms with Gasteiger partial charge in [0.1, 0.15) is 22.5 Å². The Morgan fingerprint density at radius 3 is 2.76 bits per heavy atom. The lowest BCUT2D eigenvalue weighted by atomic mass is 10.2. The summed E-state index contributed by atoms with van der Waals surface area (Å²) < 4.78 is 13.8. The Hall–Kier alpha value is -1.86. The van der Waals surface area contributed by atoms with Gasteiger partial charge in [-0.05, 0) is 41.1 Å². The first kappa shape index (κ1) is 14.1. The van der Waals surface area contributed by atoms with Gasteiger partial charge >= 0.3 is 0 Å². The molecule has 2 aromatic heterocycles. The number of aromatic nitrogens is 3. The molecule has 3 aromatic rings. The van der Waals surface area contributed by atoms with Gasteiger partial charge in [0.25, 0.3) is 0 Å². The molecule has 3 rings (SSSR count). The Balaban J connectivity index is 2.03. The number of nitrogen functional groups attached to an aromatic ring is 1. The number of aryl methyl sites for hydroxylation is 1. The molecule has 0 aliphatic heterocycles. The molecule has 2 N–H and O–H groups in total. The normalized spacial score (nSPS) is 10.8. The van der Waals surface area contributed by atoms with Gasteiger partial charge in [0.15, 0.2) is 0 Å². The smallest absolute Gasteiger partial charge is 0.137 e. The van der Waals surface area contributed by atoms with Crippen molar-refractivity contribution in [2.45, 2.75) is 6.92 Å². The lowest BCUT2D eigenvalue weighted by molar-refractivity contribution is 0.627. The van der Waals surface area contributed by atoms with E-state index in [9.17, 15) is 4.39 Å². The van der Waals surface area contributed by atoms with Crippen LogP contribution in [0.15, 0.2) is 34.2 Å². The number of thiazole rings is 1. The Morgan fingerprint density at radius 2 is 2.05 bits per heavy atom. The molecule has 21 heavy (non-hydrogen) atoms. The number of hydrogen-bond acceptors (Lipinski definition) is 5. The summed E-state index contributed by atoms with van der Waals surface area (Å²) in [6.45, 7) is 1.78. The van der Waals surface area contributed by atoms with E-state index in [0.29, 0.717) is 21.7 Å². The Bertz CT molecular complexity index is 752. The first-order chi connectivity index (χ1) is 10.0. The maximum atomic E-state index is 13.1. The van der Waals surface area contributed by atoms with E-state index >= 15 is 0 Å². The fourth-order valence-electron chi connectivity index (χ4n) is 1.87. The van der Waals surface area contributed by atoms with Crippen molar-refractivity contribution in [1.29, 1.82) is 0 Å². The molecule has 0 amide bonds. The van der Waals surface area contributed by atoms with Crippen LogP contribution in [0.1, 0.15) is 5.82 Å². The predicted octanol–water partition coefficient (Wildman–Crippen LogP) is 4.06. The minimum atomic E-state index is -0.294. The topological polar surface area (TPSA) is 64.7 Å². The third kappa shape index (κ3) is 2.79. The van der Waals surface area contributed by atoms with Crippen molar-refractivity contribution in [1.82, 2.24) is 15.0 Å². The van der Waals surface area contributed by atoms with Crippen molar-refractivity contribution >= 4 is 33.1 Å². The van der Waals surface area contributed by atoms with Gasteiger partial charge in [-0.15, -0.1) is 11.3 Å². The van der Waals surface area contributed by atoms with Crippen molar-refractivity contribution in [3.63, 3.8) is 0 Å². The lowest BCUT2D eigenvalue weighted by Crippen LogP contribution is -1.98. The van der Waals surface area contributed by atoms with E-state index in [0.717, 1.165) is 16.3 Å². The van der Waals surface area contributed by atoms with Gasteiger partial charge in [-0.2, -0.15) is 0 Å². The predicted molar refractivity (Wildman–Crippen MR) is 85.4 cm³/mol. The van der Waals surface area contributed by atoms with Crippen molar-refractivity contribution < 1.29 is 4.39 Å². The summed E-state index contributed by atoms with van der Waals surface area (Å²) in [7, 11) is 0. The van der Waals surface area contributed by atoms with E-state index in [-0.39, 0.29) is 5.82 Å². The fourth-order valence-corrected chi connectivity index (χ4v) is 3.26. The molecule has 0 saturated heterocycles. The molecule has 2 heterocycles. The Kier molecular flexibility index (Phi) is 3.69. The largest absolute Gasteiger partial charge is 0.383 e. The van der Waals surface area contributed by atoms with Gasteiger partial charge in [-0.25, -0.2) is 19.3 Å². The van der Waals surface area contributed by atoms with Crippen LogP contribution in [0.5, 0.6) is 0 Å². The highest BCUT2D eigenvalue weighted by atomic mass is 79.9. The summed E-state index contributed by atoms with van der Waals surface area (Å²) in [6.07, 6.45) is 1.67. The summed E-state index contributed by atoms with van der Waals surface area (Å²) in [4.78, 5) is 12.8. The molecule has 0 aliphatic rings. The van der Waals surface area contributed by atoms with Crippen LogP contribution in [-0.4, -0.2) is 15.0 Å². The van der Waals surface area contributed by atoms with Gasteiger partial charge in [-0.1, -0.05) is 0 Å². The van der Waals surface area contributed by atoms with Crippen molar-refractivity contribution in [2.24, 2.45) is 0 Å². The molecule has 0 unspecified atom stereocenters. The number of anilines is 1. The number of hydrogen-bond donors (Lipinski definition) is 1. The molecule has 0 saturated carbocycles. The van der Waals surface area contributed by atoms with Crippen LogP contribution < -0.4 is 5.73 Å². The Labute approximate surface area is 133 Å². The molecular weight excluding hydrogens is 355 g/mol. The first-order valence-electron chi connectivity index (χ1n) is 6.05. The number of nitrogens with two attached hydrogens (primary N) is 1. The zero-order valence-corrected chi connectivity index (χ0v) is 13.4. The minimum absolute atomic E-state index is 0.294. The van der Waals surface area contributed by atoms with Gasteiger partial charge in [0.05, 0.1) is 11.3 Å². The molecular formula is C14H10BrFN4S. The second-order valence-corrected chi connectivity index (χ2v) is 6.09. The molecule has 4 nitrogen and oxygen atoms in total. The molecule has 106 valence electrons. The zero-order valence-electron chi connectivity index (χ0n) is 11.0. The maximum Gasteiger partial charge on any atom is 0.137 e. The standard InChI is InChI=1S/C14H10BrFN4S/c1-7-18-5-10(13(17)19-7)14-20-12(6-21-14)9-3-2-8(16)4-11(9)15/h2-6H,1H3,(H2,17,18,19). The lowest BCUT2D eigenvalue weighted by Gasteiger charge is -2.02. The van der Waals surface area contributed by atoms with E-state index in [2.05, 4.69) is 30.9 Å². The molecule has 0 spiro atoms. The second kappa shape index (κ2) is 5.50. The quantitative estimate of drug-likeness (QED) is 0.744. The van der Waals surface area contributed by atoms with Crippen molar-refractivity contribution in [3.8, 4) is 21.8 Å². The van der Waals surface area contributed by atoms with E-state index in [1.807, 2.05) is 5.38 Å². The van der Waals surface area contributed by atoms with Crippen LogP contribution >= 0.6 is 27.3 Å². The van der Waals surface area contributed by atoms with Crippen LogP contribution in [-0.2, 0) is 0 Å². The van der Waals surface area contributed by atoms with E-state index in [1.54, 1.807) is 19.2 Å². The number of nitrogens with zero attached hydrogens (tertiary/aromatic N) is 3. The van der Waals surface area contributed by atoms with Crippen LogP contribution in [0, 0.1) is 12.7 Å². The molecule has 0 radical (unpaired) electrons. The SMILES string of the molecule is Cc1ncc(-c2nc(-c3ccc(F)cc3Br)cs2)c(N)n1. The van der Waals surface area contributed by atoms with Crippen molar-refractivity contribution in [2.75, 3.05) is 5.73 Å². The monoisotopic (exact) mass is 364 g/mol. The average molecular weight is 365 g/mol. The molecule has 0 fully saturated rings. The summed E-state index contributed by atoms with van der Waals surface area (Å²) in [6, 6.07) is 4.51. The van der Waals surface area contributed by atoms with Crippen LogP contribution in [0.2, 0.25) is 0 Å². The highest BCUT2D eigenvalue weighted by Crippen LogP contribution is 2.34. The van der Waals surface area contributed by atoms with Gasteiger partial charge in [0.2, 0.25) is 0 Å². The van der Waals surface area contributed by atoms with Crippen LogP contribution in [0.3, 0.4) is 0 Å². The van der Waals surface area contributed by atoms with Gasteiger partial charge < -0.3 is 5.73 Å². The number of rotatable bonds is 2. The molecule has 0 bridgehead atoms. The van der Waals surface area contributed by atoms with E-state index < -0.39 is 0 Å². The third-order valence-corrected chi connectivity index (χ3v) is 4.41. The van der Waals surface area contributed by atoms with Gasteiger partial charge in [-0.3, -0.25) is 0 Å². The molecule has 1 aromatic carbocycles. The van der Waals surface area contributed by atoms with Gasteiger partial charge in [0, 0.05) is 21.6 Å². The molecule has 0 atom stereocenters. The van der Waals surface area contributed by atoms with Crippen molar-refractivity contribution in [3.05, 3.63) is 45.9 Å². The summed E-state index contributed by atoms with van der Waals surface area (Å²) in [5.41, 5.74) is 8.19. The molecule has 7 heteroatoms. The summed E-state index contributed by atoms with van der Waals surface area (Å²) in [5.74, 6) is 0.730. The average Bonchev–Trinajstić information content (AvgIpc) is 2.87. The number of benzene rings is 1. The zero-order chi connectivity index (χ0) is 15.0. The highest BCUT2D eigenvalue weighted by Gasteiger charge is 2.13. The van der Waals surface area contributed by atoms with E-state index in [4.69, 9.17) is 5.73 Å². The van der Waals surface area contributed by atoms with Crippen LogP contribution in [0.25, 0.3) is 21.8 Å². The first-order valence-corrected chi connectivity index (χ1v) is 7.72. The molecule has 0 aliphatic carbocycles. The third-order valence-electron chi connectivity index (χ3n) is 2.88. The second-order valence-electron chi connectivity index (χ2n) is 4.38.